The van der Waals surface area contributed by atoms with E-state index in [2.05, 4.69) is 20.3 Å². The Labute approximate surface area is 275 Å². The second kappa shape index (κ2) is 12.4. The molecule has 13 heteroatoms. The predicted octanol–water partition coefficient (Wildman–Crippen LogP) is 8.87. The first kappa shape index (κ1) is 30.8. The summed E-state index contributed by atoms with van der Waals surface area (Å²) < 4.78 is 40.7. The molecule has 48 heavy (non-hydrogen) atoms. The number of carbonyl (C=O) groups excluding carboxylic acids is 1. The number of pyridine rings is 3. The molecule has 0 unspecified atom stereocenters. The van der Waals surface area contributed by atoms with Crippen LogP contribution in [0.25, 0.3) is 44.3 Å². The highest BCUT2D eigenvalue weighted by Crippen LogP contribution is 2.41. The summed E-state index contributed by atoms with van der Waals surface area (Å²) >= 11 is 1.05. The van der Waals surface area contributed by atoms with Gasteiger partial charge in [-0.1, -0.05) is 41.7 Å². The van der Waals surface area contributed by atoms with Crippen LogP contribution in [0.5, 0.6) is 0 Å². The molecule has 6 aromatic rings. The molecule has 0 fully saturated rings. The van der Waals surface area contributed by atoms with Gasteiger partial charge in [-0.3, -0.25) is 30.2 Å². The number of aromatic nitrogens is 4. The molecule has 0 bridgehead atoms. The van der Waals surface area contributed by atoms with E-state index < -0.39 is 22.7 Å². The highest BCUT2D eigenvalue weighted by atomic mass is 32.1. The molecule has 0 spiro atoms. The van der Waals surface area contributed by atoms with Crippen molar-refractivity contribution in [3.05, 3.63) is 130 Å². The molecule has 1 N–H and O–H groups in total. The van der Waals surface area contributed by atoms with Crippen LogP contribution < -0.4 is 5.32 Å². The summed E-state index contributed by atoms with van der Waals surface area (Å²) in [6, 6.07) is 19.5. The van der Waals surface area contributed by atoms with Gasteiger partial charge in [0.2, 0.25) is 0 Å². The van der Waals surface area contributed by atoms with E-state index in [0.717, 1.165) is 41.2 Å². The van der Waals surface area contributed by atoms with E-state index in [1.807, 2.05) is 30.3 Å². The van der Waals surface area contributed by atoms with E-state index in [9.17, 15) is 28.1 Å². The van der Waals surface area contributed by atoms with Crippen LogP contribution >= 0.6 is 11.3 Å². The number of nitro groups is 1. The van der Waals surface area contributed by atoms with Crippen LogP contribution in [-0.4, -0.2) is 30.8 Å². The van der Waals surface area contributed by atoms with Gasteiger partial charge in [0.25, 0.3) is 11.6 Å². The van der Waals surface area contributed by atoms with Crippen molar-refractivity contribution in [2.45, 2.75) is 25.4 Å². The Kier molecular flexibility index (Phi) is 7.97. The Balaban J connectivity index is 1.32. The van der Waals surface area contributed by atoms with Crippen LogP contribution in [0.15, 0.2) is 91.4 Å². The van der Waals surface area contributed by atoms with Crippen molar-refractivity contribution >= 4 is 50.6 Å². The second-order valence-corrected chi connectivity index (χ2v) is 12.0. The van der Waals surface area contributed by atoms with E-state index >= 15 is 0 Å². The van der Waals surface area contributed by atoms with E-state index in [1.165, 1.54) is 18.2 Å². The maximum Gasteiger partial charge on any atom is 0.433 e. The van der Waals surface area contributed by atoms with E-state index in [1.54, 1.807) is 36.7 Å². The van der Waals surface area contributed by atoms with Gasteiger partial charge in [0.15, 0.2) is 5.13 Å². The maximum absolute atomic E-state index is 14.2. The van der Waals surface area contributed by atoms with Crippen LogP contribution in [0.2, 0.25) is 0 Å². The van der Waals surface area contributed by atoms with Crippen molar-refractivity contribution in [1.82, 2.24) is 19.9 Å². The van der Waals surface area contributed by atoms with Crippen molar-refractivity contribution in [2.75, 3.05) is 5.32 Å². The topological polar surface area (TPSA) is 124 Å². The van der Waals surface area contributed by atoms with Crippen LogP contribution in [0.4, 0.5) is 24.0 Å². The predicted molar refractivity (Wildman–Crippen MR) is 177 cm³/mol. The molecule has 4 aromatic heterocycles. The highest BCUT2D eigenvalue weighted by Gasteiger charge is 2.33. The number of fused-ring (bicyclic) bond motifs is 2. The lowest BCUT2D eigenvalue weighted by Gasteiger charge is -2.22. The molecule has 9 nitrogen and oxygen atoms in total. The monoisotopic (exact) mass is 664 g/mol. The number of anilines is 1. The number of nitro benzene ring substituents is 1. The van der Waals surface area contributed by atoms with E-state index in [-0.39, 0.29) is 16.4 Å². The highest BCUT2D eigenvalue weighted by molar-refractivity contribution is 7.19. The standard InChI is InChI=1S/C35H23F3N6O3S/c36-35(37,38)28-18-22(13-15-40-28)32-31(23-8-5-14-39-19-23)42-34(48-32)43-33(45)29-25-10-1-2-12-27(25)41-30-21(7-4-11-26(29)30)16-20-6-3-9-24(17-20)44(46)47/h1-3,5-6,8-10,12-19H,4,7,11H2,(H,42,43,45)/b21-16+. The Bertz CT molecular complexity index is 2250. The number of thiazole rings is 1. The third kappa shape index (κ3) is 6.02. The third-order valence-corrected chi connectivity index (χ3v) is 8.93. The molecule has 0 atom stereocenters. The SMILES string of the molecule is O=C(Nc1nc(-c2cccnc2)c(-c2ccnc(C(F)(F)F)c2)s1)c1c2c(nc3ccccc13)/C(=C/c1cccc([N+](=O)[O-])c1)CCC2. The van der Waals surface area contributed by atoms with Gasteiger partial charge >= 0.3 is 6.18 Å². The van der Waals surface area contributed by atoms with Gasteiger partial charge in [-0.2, -0.15) is 13.2 Å². The van der Waals surface area contributed by atoms with Crippen molar-refractivity contribution in [3.8, 4) is 21.7 Å². The number of amides is 1. The molecule has 1 aliphatic rings. The molecule has 0 aliphatic heterocycles. The Hall–Kier alpha value is -5.82. The zero-order valence-corrected chi connectivity index (χ0v) is 25.7. The largest absolute Gasteiger partial charge is 0.433 e. The fourth-order valence-electron chi connectivity index (χ4n) is 5.82. The Morgan fingerprint density at radius 2 is 1.79 bits per heavy atom. The fourth-order valence-corrected chi connectivity index (χ4v) is 6.80. The van der Waals surface area contributed by atoms with Crippen LogP contribution in [0.1, 0.15) is 45.7 Å². The van der Waals surface area contributed by atoms with E-state index in [4.69, 9.17) is 4.98 Å². The number of alkyl halides is 3. The minimum atomic E-state index is -4.64. The van der Waals surface area contributed by atoms with Gasteiger partial charge in [-0.05, 0) is 77.9 Å². The molecular weight excluding hydrogens is 641 g/mol. The maximum atomic E-state index is 14.2. The zero-order valence-electron chi connectivity index (χ0n) is 24.9. The first-order valence-corrected chi connectivity index (χ1v) is 15.6. The van der Waals surface area contributed by atoms with E-state index in [0.29, 0.717) is 56.7 Å². The lowest BCUT2D eigenvalue weighted by molar-refractivity contribution is -0.384. The summed E-state index contributed by atoms with van der Waals surface area (Å²) in [6.07, 6.45) is 3.41. The van der Waals surface area contributed by atoms with Crippen LogP contribution in [0, 0.1) is 10.1 Å². The molecular formula is C35H23F3N6O3S. The quantitative estimate of drug-likeness (QED) is 0.139. The van der Waals surface area contributed by atoms with Crippen molar-refractivity contribution < 1.29 is 22.9 Å². The molecule has 1 aliphatic carbocycles. The molecule has 0 saturated heterocycles. The summed E-state index contributed by atoms with van der Waals surface area (Å²) in [4.78, 5) is 42.8. The molecule has 4 heterocycles. The number of halogens is 3. The Morgan fingerprint density at radius 3 is 2.58 bits per heavy atom. The van der Waals surface area contributed by atoms with Gasteiger partial charge in [0.05, 0.1) is 32.3 Å². The number of nitrogens with zero attached hydrogens (tertiary/aromatic N) is 5. The van der Waals surface area contributed by atoms with Crippen molar-refractivity contribution in [1.29, 1.82) is 0 Å². The van der Waals surface area contributed by atoms with Gasteiger partial charge in [0.1, 0.15) is 5.69 Å². The lowest BCUT2D eigenvalue weighted by Crippen LogP contribution is -2.18. The van der Waals surface area contributed by atoms with Crippen molar-refractivity contribution in [3.63, 3.8) is 0 Å². The number of benzene rings is 2. The van der Waals surface area contributed by atoms with Gasteiger partial charge in [0, 0.05) is 41.7 Å². The summed E-state index contributed by atoms with van der Waals surface area (Å²) in [5.74, 6) is -0.440. The minimum Gasteiger partial charge on any atom is -0.298 e. The van der Waals surface area contributed by atoms with Gasteiger partial charge < -0.3 is 0 Å². The number of allylic oxidation sites excluding steroid dienone is 1. The number of nitrogens with one attached hydrogen (secondary N) is 1. The summed E-state index contributed by atoms with van der Waals surface area (Å²) in [6.45, 7) is 0. The first-order valence-electron chi connectivity index (χ1n) is 14.8. The number of para-hydroxylation sites is 1. The fraction of sp³-hybridized carbons (Fsp3) is 0.114. The molecule has 238 valence electrons. The molecule has 1 amide bonds. The number of hydrogen-bond donors (Lipinski definition) is 1. The average Bonchev–Trinajstić information content (AvgIpc) is 3.51. The number of non-ortho nitro benzene ring substituents is 1. The average molecular weight is 665 g/mol. The Morgan fingerprint density at radius 1 is 0.938 bits per heavy atom. The second-order valence-electron chi connectivity index (χ2n) is 11.0. The number of carbonyl (C=O) groups is 1. The van der Waals surface area contributed by atoms with Crippen LogP contribution in [-0.2, 0) is 12.6 Å². The van der Waals surface area contributed by atoms with Crippen molar-refractivity contribution in [2.24, 2.45) is 0 Å². The normalized spacial score (nSPS) is 13.8. The molecule has 2 aromatic carbocycles. The molecule has 7 rings (SSSR count). The van der Waals surface area contributed by atoms with Gasteiger partial charge in [-0.15, -0.1) is 0 Å². The number of hydrogen-bond acceptors (Lipinski definition) is 8. The third-order valence-electron chi connectivity index (χ3n) is 7.91. The zero-order chi connectivity index (χ0) is 33.4. The van der Waals surface area contributed by atoms with Gasteiger partial charge in [-0.25, -0.2) is 9.97 Å². The number of rotatable bonds is 6. The first-order chi connectivity index (χ1) is 23.2. The summed E-state index contributed by atoms with van der Waals surface area (Å²) in [5, 5.41) is 15.1. The lowest BCUT2D eigenvalue weighted by atomic mass is 9.85. The smallest absolute Gasteiger partial charge is 0.298 e. The summed E-state index contributed by atoms with van der Waals surface area (Å²) in [7, 11) is 0. The molecule has 0 saturated carbocycles. The van der Waals surface area contributed by atoms with Crippen LogP contribution in [0.3, 0.4) is 0 Å². The summed E-state index contributed by atoms with van der Waals surface area (Å²) in [5.41, 5.74) is 4.01. The molecule has 0 radical (unpaired) electrons. The minimum absolute atomic E-state index is 0.0261.